The van der Waals surface area contributed by atoms with Crippen molar-refractivity contribution >= 4 is 43.2 Å². The van der Waals surface area contributed by atoms with Crippen LogP contribution in [0.3, 0.4) is 0 Å². The fourth-order valence-electron chi connectivity index (χ4n) is 3.07. The van der Waals surface area contributed by atoms with Gasteiger partial charge in [-0.05, 0) is 82.6 Å². The summed E-state index contributed by atoms with van der Waals surface area (Å²) in [5.41, 5.74) is 6.01. The summed E-state index contributed by atoms with van der Waals surface area (Å²) in [6.45, 7) is 2.06. The molecule has 2 fully saturated rings. The van der Waals surface area contributed by atoms with Gasteiger partial charge >= 0.3 is 0 Å². The van der Waals surface area contributed by atoms with Crippen molar-refractivity contribution in [2.45, 2.75) is 37.8 Å². The van der Waals surface area contributed by atoms with Crippen LogP contribution < -0.4 is 5.73 Å². The van der Waals surface area contributed by atoms with Gasteiger partial charge in [-0.3, -0.25) is 4.90 Å². The van der Waals surface area contributed by atoms with Crippen molar-refractivity contribution < 1.29 is 0 Å². The van der Waals surface area contributed by atoms with Gasteiger partial charge < -0.3 is 5.73 Å². The molecule has 0 radical (unpaired) electrons. The second kappa shape index (κ2) is 5.52. The van der Waals surface area contributed by atoms with Crippen LogP contribution in [0.2, 0.25) is 0 Å². The van der Waals surface area contributed by atoms with Crippen LogP contribution in [0.25, 0.3) is 0 Å². The highest BCUT2D eigenvalue weighted by Gasteiger charge is 2.40. The summed E-state index contributed by atoms with van der Waals surface area (Å²) >= 11 is 9.09. The van der Waals surface area contributed by atoms with Crippen LogP contribution in [0.1, 0.15) is 36.6 Å². The molecule has 1 saturated carbocycles. The van der Waals surface area contributed by atoms with E-state index < -0.39 is 0 Å². The maximum Gasteiger partial charge on any atom is 0.0843 e. The van der Waals surface area contributed by atoms with E-state index in [-0.39, 0.29) is 0 Å². The molecule has 0 spiro atoms. The van der Waals surface area contributed by atoms with E-state index in [0.717, 1.165) is 12.6 Å². The Morgan fingerprint density at radius 1 is 1.33 bits per heavy atom. The van der Waals surface area contributed by atoms with Crippen LogP contribution in [0.5, 0.6) is 0 Å². The van der Waals surface area contributed by atoms with Gasteiger partial charge in [-0.2, -0.15) is 0 Å². The highest BCUT2D eigenvalue weighted by Crippen LogP contribution is 2.46. The molecule has 1 aliphatic heterocycles. The Morgan fingerprint density at radius 2 is 2.11 bits per heavy atom. The third kappa shape index (κ3) is 2.57. The van der Waals surface area contributed by atoms with Crippen LogP contribution in [0.15, 0.2) is 14.3 Å². The van der Waals surface area contributed by atoms with E-state index >= 15 is 0 Å². The standard InChI is InChI=1S/C13H18Br2N2S/c14-10-6-11(18-13(10)15)12-8(7-16)2-1-5-17(12)9-3-4-9/h6,8-9,12H,1-5,7,16H2. The number of hydrogen-bond acceptors (Lipinski definition) is 3. The lowest BCUT2D eigenvalue weighted by Gasteiger charge is -2.41. The highest BCUT2D eigenvalue weighted by molar-refractivity contribution is 9.13. The average molecular weight is 394 g/mol. The molecule has 1 saturated heterocycles. The van der Waals surface area contributed by atoms with E-state index in [0.29, 0.717) is 12.0 Å². The van der Waals surface area contributed by atoms with Gasteiger partial charge in [0.15, 0.2) is 0 Å². The number of rotatable bonds is 3. The highest BCUT2D eigenvalue weighted by atomic mass is 79.9. The predicted octanol–water partition coefficient (Wildman–Crippen LogP) is 4.15. The molecule has 2 nitrogen and oxygen atoms in total. The zero-order valence-electron chi connectivity index (χ0n) is 10.2. The average Bonchev–Trinajstić information content (AvgIpc) is 3.16. The molecule has 0 aromatic carbocycles. The SMILES string of the molecule is NCC1CCCN(C2CC2)C1c1cc(Br)c(Br)s1. The van der Waals surface area contributed by atoms with Crippen molar-refractivity contribution in [1.82, 2.24) is 4.90 Å². The lowest BCUT2D eigenvalue weighted by atomic mass is 9.88. The minimum atomic E-state index is 0.545. The molecular weight excluding hydrogens is 376 g/mol. The molecule has 0 amide bonds. The summed E-state index contributed by atoms with van der Waals surface area (Å²) in [5, 5.41) is 0. The fourth-order valence-corrected chi connectivity index (χ4v) is 5.38. The van der Waals surface area contributed by atoms with E-state index in [1.54, 1.807) is 0 Å². The van der Waals surface area contributed by atoms with Crippen molar-refractivity contribution in [3.8, 4) is 0 Å². The Bertz CT molecular complexity index is 411. The van der Waals surface area contributed by atoms with Gasteiger partial charge in [-0.1, -0.05) is 0 Å². The smallest absolute Gasteiger partial charge is 0.0843 e. The molecule has 2 heterocycles. The first-order valence-corrected chi connectivity index (χ1v) is 9.01. The van der Waals surface area contributed by atoms with Crippen molar-refractivity contribution in [2.24, 2.45) is 11.7 Å². The topological polar surface area (TPSA) is 29.3 Å². The number of hydrogen-bond donors (Lipinski definition) is 1. The maximum atomic E-state index is 6.01. The zero-order chi connectivity index (χ0) is 12.7. The van der Waals surface area contributed by atoms with Crippen LogP contribution >= 0.6 is 43.2 Å². The minimum Gasteiger partial charge on any atom is -0.330 e. The van der Waals surface area contributed by atoms with E-state index in [1.165, 1.54) is 45.4 Å². The summed E-state index contributed by atoms with van der Waals surface area (Å²) in [6, 6.07) is 3.65. The summed E-state index contributed by atoms with van der Waals surface area (Å²) in [7, 11) is 0. The van der Waals surface area contributed by atoms with Gasteiger partial charge in [0.1, 0.15) is 0 Å². The zero-order valence-corrected chi connectivity index (χ0v) is 14.2. The Hall–Kier alpha value is 0.580. The second-order valence-corrected chi connectivity index (χ2v) is 8.58. The molecule has 2 atom stereocenters. The van der Waals surface area contributed by atoms with Gasteiger partial charge in [0.05, 0.1) is 3.79 Å². The number of thiophene rings is 1. The summed E-state index contributed by atoms with van der Waals surface area (Å²) in [4.78, 5) is 4.18. The first-order chi connectivity index (χ1) is 8.70. The number of nitrogens with two attached hydrogens (primary N) is 1. The molecule has 100 valence electrons. The number of likely N-dealkylation sites (tertiary alicyclic amines) is 1. The molecule has 5 heteroatoms. The number of piperidine rings is 1. The van der Waals surface area contributed by atoms with Crippen molar-refractivity contribution in [3.63, 3.8) is 0 Å². The van der Waals surface area contributed by atoms with Crippen molar-refractivity contribution in [1.29, 1.82) is 0 Å². The number of halogens is 2. The summed E-state index contributed by atoms with van der Waals surface area (Å²) in [5.74, 6) is 0.622. The van der Waals surface area contributed by atoms with Gasteiger partial charge in [0, 0.05) is 21.4 Å². The molecule has 0 bridgehead atoms. The van der Waals surface area contributed by atoms with Gasteiger partial charge in [-0.15, -0.1) is 11.3 Å². The van der Waals surface area contributed by atoms with Crippen LogP contribution in [-0.4, -0.2) is 24.0 Å². The first kappa shape index (κ1) is 13.6. The predicted molar refractivity (Wildman–Crippen MR) is 84.0 cm³/mol. The van der Waals surface area contributed by atoms with Gasteiger partial charge in [0.25, 0.3) is 0 Å². The molecular formula is C13H18Br2N2S. The second-order valence-electron chi connectivity index (χ2n) is 5.32. The lowest BCUT2D eigenvalue weighted by Crippen LogP contribution is -2.42. The summed E-state index contributed by atoms with van der Waals surface area (Å²) in [6.07, 6.45) is 5.34. The van der Waals surface area contributed by atoms with Crippen LogP contribution in [0, 0.1) is 5.92 Å². The van der Waals surface area contributed by atoms with Gasteiger partial charge in [0.2, 0.25) is 0 Å². The first-order valence-electron chi connectivity index (χ1n) is 6.61. The van der Waals surface area contributed by atoms with Crippen LogP contribution in [-0.2, 0) is 0 Å². The van der Waals surface area contributed by atoms with Gasteiger partial charge in [-0.25, -0.2) is 0 Å². The Labute approximate surface area is 129 Å². The van der Waals surface area contributed by atoms with Crippen molar-refractivity contribution in [3.05, 3.63) is 19.2 Å². The molecule has 3 rings (SSSR count). The number of nitrogens with zero attached hydrogens (tertiary/aromatic N) is 1. The molecule has 2 unspecified atom stereocenters. The lowest BCUT2D eigenvalue weighted by molar-refractivity contribution is 0.0904. The quantitative estimate of drug-likeness (QED) is 0.835. The largest absolute Gasteiger partial charge is 0.330 e. The molecule has 1 aliphatic carbocycles. The molecule has 1 aromatic heterocycles. The van der Waals surface area contributed by atoms with Crippen LogP contribution in [0.4, 0.5) is 0 Å². The Balaban J connectivity index is 1.91. The molecule has 1 aromatic rings. The van der Waals surface area contributed by atoms with E-state index in [2.05, 4.69) is 42.8 Å². The Morgan fingerprint density at radius 3 is 2.67 bits per heavy atom. The molecule has 2 aliphatic rings. The Kier molecular flexibility index (Phi) is 4.16. The van der Waals surface area contributed by atoms with Crippen molar-refractivity contribution in [2.75, 3.05) is 13.1 Å². The van der Waals surface area contributed by atoms with E-state index in [4.69, 9.17) is 5.73 Å². The monoisotopic (exact) mass is 392 g/mol. The molecule has 18 heavy (non-hydrogen) atoms. The maximum absolute atomic E-state index is 6.01. The summed E-state index contributed by atoms with van der Waals surface area (Å²) < 4.78 is 2.38. The normalized spacial score (nSPS) is 29.7. The third-order valence-electron chi connectivity index (χ3n) is 4.07. The molecule has 2 N–H and O–H groups in total. The fraction of sp³-hybridized carbons (Fsp3) is 0.692. The van der Waals surface area contributed by atoms with E-state index in [9.17, 15) is 0 Å². The third-order valence-corrected chi connectivity index (χ3v) is 7.40. The minimum absolute atomic E-state index is 0.545. The van der Waals surface area contributed by atoms with E-state index in [1.807, 2.05) is 11.3 Å².